The Morgan fingerprint density at radius 2 is 1.92 bits per heavy atom. The van der Waals surface area contributed by atoms with Gasteiger partial charge in [0.25, 0.3) is 5.56 Å². The van der Waals surface area contributed by atoms with Crippen LogP contribution in [0.25, 0.3) is 22.6 Å². The van der Waals surface area contributed by atoms with Crippen molar-refractivity contribution in [2.45, 2.75) is 19.9 Å². The van der Waals surface area contributed by atoms with Gasteiger partial charge < -0.3 is 14.5 Å². The molecule has 0 unspecified atom stereocenters. The van der Waals surface area contributed by atoms with Gasteiger partial charge in [0.1, 0.15) is 17.1 Å². The number of carbonyl (C=O) groups excluding carboxylic acids is 1. The third kappa shape index (κ3) is 3.37. The summed E-state index contributed by atoms with van der Waals surface area (Å²) in [5.74, 6) is 0.482. The smallest absolute Gasteiger partial charge is 0.343 e. The minimum Gasteiger partial charge on any atom is -0.482 e. The molecule has 2 aromatic heterocycles. The molecule has 0 radical (unpaired) electrons. The Labute approximate surface area is 147 Å². The SMILES string of the molecule is CCCn1c(=O)[nH]c(=O)c2[nH]c(-c3ccc(OCC(=O)OC)cc3)nc21. The number of imidazole rings is 1. The molecule has 0 amide bonds. The summed E-state index contributed by atoms with van der Waals surface area (Å²) < 4.78 is 11.2. The molecule has 3 aromatic rings. The molecule has 9 heteroatoms. The Kier molecular flexibility index (Phi) is 4.87. The second kappa shape index (κ2) is 7.26. The number of hydrogen-bond donors (Lipinski definition) is 2. The van der Waals surface area contributed by atoms with Gasteiger partial charge in [-0.1, -0.05) is 6.92 Å². The molecule has 1 aromatic carbocycles. The van der Waals surface area contributed by atoms with Gasteiger partial charge in [0.05, 0.1) is 7.11 Å². The van der Waals surface area contributed by atoms with E-state index in [1.54, 1.807) is 24.3 Å². The summed E-state index contributed by atoms with van der Waals surface area (Å²) in [6.45, 7) is 2.21. The lowest BCUT2D eigenvalue weighted by Gasteiger charge is -2.05. The van der Waals surface area contributed by atoms with Crippen molar-refractivity contribution in [1.82, 2.24) is 19.5 Å². The Balaban J connectivity index is 1.94. The third-order valence-corrected chi connectivity index (χ3v) is 3.79. The van der Waals surface area contributed by atoms with E-state index in [0.717, 1.165) is 6.42 Å². The highest BCUT2D eigenvalue weighted by Gasteiger charge is 2.13. The predicted octanol–water partition coefficient (Wildman–Crippen LogP) is 1.04. The van der Waals surface area contributed by atoms with Crippen molar-refractivity contribution in [2.24, 2.45) is 0 Å². The van der Waals surface area contributed by atoms with Crippen LogP contribution in [0.2, 0.25) is 0 Å². The number of nitrogens with zero attached hydrogens (tertiary/aromatic N) is 2. The number of carbonyl (C=O) groups is 1. The maximum absolute atomic E-state index is 12.0. The van der Waals surface area contributed by atoms with E-state index >= 15 is 0 Å². The Bertz CT molecular complexity index is 1050. The molecule has 2 N–H and O–H groups in total. The average molecular weight is 358 g/mol. The van der Waals surface area contributed by atoms with Gasteiger partial charge in [-0.3, -0.25) is 14.3 Å². The van der Waals surface area contributed by atoms with Crippen LogP contribution in [0.5, 0.6) is 5.75 Å². The molecule has 0 fully saturated rings. The fraction of sp³-hybridized carbons (Fsp3) is 0.294. The average Bonchev–Trinajstić information content (AvgIpc) is 3.09. The lowest BCUT2D eigenvalue weighted by atomic mass is 10.2. The minimum absolute atomic E-state index is 0.181. The normalized spacial score (nSPS) is 10.8. The van der Waals surface area contributed by atoms with E-state index in [1.807, 2.05) is 6.92 Å². The summed E-state index contributed by atoms with van der Waals surface area (Å²) in [6.07, 6.45) is 0.732. The lowest BCUT2D eigenvalue weighted by Crippen LogP contribution is -2.30. The first-order chi connectivity index (χ1) is 12.5. The molecule has 0 atom stereocenters. The lowest BCUT2D eigenvalue weighted by molar-refractivity contribution is -0.142. The molecule has 2 heterocycles. The van der Waals surface area contributed by atoms with Crippen LogP contribution in [-0.4, -0.2) is 39.2 Å². The largest absolute Gasteiger partial charge is 0.482 e. The summed E-state index contributed by atoms with van der Waals surface area (Å²) in [4.78, 5) is 44.8. The number of nitrogens with one attached hydrogen (secondary N) is 2. The van der Waals surface area contributed by atoms with Crippen molar-refractivity contribution < 1.29 is 14.3 Å². The van der Waals surface area contributed by atoms with Crippen molar-refractivity contribution in [3.05, 3.63) is 45.1 Å². The molecule has 9 nitrogen and oxygen atoms in total. The van der Waals surface area contributed by atoms with Gasteiger partial charge in [0, 0.05) is 12.1 Å². The number of esters is 1. The molecular weight excluding hydrogens is 340 g/mol. The van der Waals surface area contributed by atoms with Gasteiger partial charge in [-0.15, -0.1) is 0 Å². The van der Waals surface area contributed by atoms with Crippen molar-refractivity contribution in [3.63, 3.8) is 0 Å². The highest BCUT2D eigenvalue weighted by molar-refractivity contribution is 5.75. The Hall–Kier alpha value is -3.36. The van der Waals surface area contributed by atoms with Crippen LogP contribution in [-0.2, 0) is 16.1 Å². The summed E-state index contributed by atoms with van der Waals surface area (Å²) >= 11 is 0. The minimum atomic E-state index is -0.505. The number of ether oxygens (including phenoxy) is 2. The molecule has 0 bridgehead atoms. The molecule has 26 heavy (non-hydrogen) atoms. The summed E-state index contributed by atoms with van der Waals surface area (Å²) in [7, 11) is 1.29. The molecule has 0 saturated heterocycles. The van der Waals surface area contributed by atoms with Crippen molar-refractivity contribution in [3.8, 4) is 17.1 Å². The zero-order valence-electron chi connectivity index (χ0n) is 14.4. The van der Waals surface area contributed by atoms with Gasteiger partial charge in [0.15, 0.2) is 12.3 Å². The maximum Gasteiger partial charge on any atom is 0.343 e. The second-order valence-corrected chi connectivity index (χ2v) is 5.58. The molecule has 136 valence electrons. The number of fused-ring (bicyclic) bond motifs is 1. The van der Waals surface area contributed by atoms with Crippen LogP contribution in [0.15, 0.2) is 33.9 Å². The number of methoxy groups -OCH3 is 1. The Morgan fingerprint density at radius 1 is 1.19 bits per heavy atom. The number of hydrogen-bond acceptors (Lipinski definition) is 6. The highest BCUT2D eigenvalue weighted by Crippen LogP contribution is 2.21. The molecule has 0 aliphatic rings. The van der Waals surface area contributed by atoms with Crippen LogP contribution in [0, 0.1) is 0 Å². The van der Waals surface area contributed by atoms with E-state index in [9.17, 15) is 14.4 Å². The first-order valence-corrected chi connectivity index (χ1v) is 8.06. The van der Waals surface area contributed by atoms with Crippen molar-refractivity contribution >= 4 is 17.1 Å². The molecule has 0 spiro atoms. The third-order valence-electron chi connectivity index (χ3n) is 3.79. The fourth-order valence-corrected chi connectivity index (χ4v) is 2.52. The van der Waals surface area contributed by atoms with Crippen molar-refractivity contribution in [1.29, 1.82) is 0 Å². The molecule has 0 aliphatic heterocycles. The molecule has 3 rings (SSSR count). The highest BCUT2D eigenvalue weighted by atomic mass is 16.6. The molecular formula is C17H18N4O5. The van der Waals surface area contributed by atoms with Gasteiger partial charge in [-0.05, 0) is 30.7 Å². The summed E-state index contributed by atoms with van der Waals surface area (Å²) in [5, 5.41) is 0. The number of rotatable bonds is 6. The zero-order valence-corrected chi connectivity index (χ0v) is 14.4. The zero-order chi connectivity index (χ0) is 18.7. The van der Waals surface area contributed by atoms with E-state index in [-0.39, 0.29) is 12.1 Å². The van der Waals surface area contributed by atoms with Gasteiger partial charge in [-0.2, -0.15) is 0 Å². The van der Waals surface area contributed by atoms with Gasteiger partial charge in [0.2, 0.25) is 0 Å². The number of H-pyrrole nitrogens is 2. The summed E-state index contributed by atoms with van der Waals surface area (Å²) in [6, 6.07) is 6.82. The van der Waals surface area contributed by atoms with E-state index < -0.39 is 17.2 Å². The van der Waals surface area contributed by atoms with Gasteiger partial charge >= 0.3 is 11.7 Å². The molecule has 0 aliphatic carbocycles. The topological polar surface area (TPSA) is 119 Å². The fourth-order valence-electron chi connectivity index (χ4n) is 2.52. The van der Waals surface area contributed by atoms with E-state index in [2.05, 4.69) is 19.7 Å². The second-order valence-electron chi connectivity index (χ2n) is 5.58. The van der Waals surface area contributed by atoms with Crippen LogP contribution in [0.4, 0.5) is 0 Å². The van der Waals surface area contributed by atoms with Crippen LogP contribution < -0.4 is 16.0 Å². The molecule has 0 saturated carbocycles. The number of aromatic amines is 2. The van der Waals surface area contributed by atoms with E-state index in [4.69, 9.17) is 4.74 Å². The first kappa shape index (κ1) is 17.5. The number of aryl methyl sites for hydroxylation is 1. The van der Waals surface area contributed by atoms with Crippen LogP contribution in [0.1, 0.15) is 13.3 Å². The van der Waals surface area contributed by atoms with E-state index in [1.165, 1.54) is 11.7 Å². The van der Waals surface area contributed by atoms with E-state index in [0.29, 0.717) is 29.3 Å². The predicted molar refractivity (Wildman–Crippen MR) is 94.2 cm³/mol. The monoisotopic (exact) mass is 358 g/mol. The number of aromatic nitrogens is 4. The van der Waals surface area contributed by atoms with Crippen molar-refractivity contribution in [2.75, 3.05) is 13.7 Å². The summed E-state index contributed by atoms with van der Waals surface area (Å²) in [5.41, 5.74) is 0.297. The van der Waals surface area contributed by atoms with Gasteiger partial charge in [-0.25, -0.2) is 14.6 Å². The maximum atomic E-state index is 12.0. The Morgan fingerprint density at radius 3 is 2.58 bits per heavy atom. The standard InChI is InChI=1S/C17H18N4O5/c1-3-8-21-15-13(16(23)20-17(21)24)18-14(19-15)10-4-6-11(7-5-10)26-9-12(22)25-2/h4-7H,3,8-9H2,1-2H3,(H,18,19)(H,20,23,24). The van der Waals surface area contributed by atoms with Crippen LogP contribution >= 0.6 is 0 Å². The first-order valence-electron chi connectivity index (χ1n) is 8.06. The van der Waals surface area contributed by atoms with Crippen LogP contribution in [0.3, 0.4) is 0 Å². The quantitative estimate of drug-likeness (QED) is 0.636. The number of benzene rings is 1.